The largest absolute Gasteiger partial charge is 0.495 e. The Morgan fingerprint density at radius 2 is 2.20 bits per heavy atom. The van der Waals surface area contributed by atoms with Gasteiger partial charge in [-0.2, -0.15) is 5.10 Å². The number of rotatable bonds is 6. The minimum atomic E-state index is -2.77. The second-order valence-corrected chi connectivity index (χ2v) is 6.45. The SMILES string of the molecule is COc1ccc(C)cc1NC(=O)Cn1nc(C(F)F)c(Cl)c1C1CC1. The van der Waals surface area contributed by atoms with E-state index in [1.165, 1.54) is 11.8 Å². The van der Waals surface area contributed by atoms with Gasteiger partial charge >= 0.3 is 0 Å². The number of hydrogen-bond acceptors (Lipinski definition) is 3. The van der Waals surface area contributed by atoms with Crippen molar-refractivity contribution in [1.82, 2.24) is 9.78 Å². The van der Waals surface area contributed by atoms with Gasteiger partial charge in [0.2, 0.25) is 5.91 Å². The third-order valence-corrected chi connectivity index (χ3v) is 4.44. The summed E-state index contributed by atoms with van der Waals surface area (Å²) < 4.78 is 32.6. The van der Waals surface area contributed by atoms with Crippen LogP contribution in [0.15, 0.2) is 18.2 Å². The molecule has 0 bridgehead atoms. The Hall–Kier alpha value is -2.15. The number of amides is 1. The van der Waals surface area contributed by atoms with Crippen LogP contribution >= 0.6 is 11.6 Å². The number of aryl methyl sites for hydroxylation is 1. The van der Waals surface area contributed by atoms with Crippen molar-refractivity contribution < 1.29 is 18.3 Å². The van der Waals surface area contributed by atoms with Gasteiger partial charge in [-0.1, -0.05) is 17.7 Å². The Morgan fingerprint density at radius 1 is 1.48 bits per heavy atom. The number of halogens is 3. The van der Waals surface area contributed by atoms with E-state index in [0.29, 0.717) is 17.1 Å². The van der Waals surface area contributed by atoms with Crippen LogP contribution in [0, 0.1) is 6.92 Å². The molecule has 1 fully saturated rings. The zero-order chi connectivity index (χ0) is 18.1. The Bertz CT molecular complexity index is 803. The summed E-state index contributed by atoms with van der Waals surface area (Å²) in [4.78, 5) is 12.4. The van der Waals surface area contributed by atoms with E-state index in [2.05, 4.69) is 10.4 Å². The fourth-order valence-electron chi connectivity index (χ4n) is 2.72. The first-order chi connectivity index (χ1) is 11.9. The summed E-state index contributed by atoms with van der Waals surface area (Å²) in [5, 5.41) is 6.57. The van der Waals surface area contributed by atoms with Crippen molar-refractivity contribution in [3.8, 4) is 5.75 Å². The normalized spacial score (nSPS) is 14.0. The lowest BCUT2D eigenvalue weighted by atomic mass is 10.2. The number of hydrogen-bond donors (Lipinski definition) is 1. The number of carbonyl (C=O) groups excluding carboxylic acids is 1. The zero-order valence-corrected chi connectivity index (χ0v) is 14.6. The van der Waals surface area contributed by atoms with Gasteiger partial charge in [0, 0.05) is 5.92 Å². The van der Waals surface area contributed by atoms with Gasteiger partial charge in [0.1, 0.15) is 18.0 Å². The van der Waals surface area contributed by atoms with E-state index in [-0.39, 0.29) is 23.4 Å². The minimum absolute atomic E-state index is 0.0292. The molecule has 134 valence electrons. The van der Waals surface area contributed by atoms with E-state index in [1.54, 1.807) is 12.1 Å². The van der Waals surface area contributed by atoms with Crippen LogP contribution in [0.4, 0.5) is 14.5 Å². The maximum absolute atomic E-state index is 13.1. The quantitative estimate of drug-likeness (QED) is 0.825. The van der Waals surface area contributed by atoms with Crippen molar-refractivity contribution in [3.05, 3.63) is 40.2 Å². The van der Waals surface area contributed by atoms with Crippen molar-refractivity contribution in [2.45, 2.75) is 38.7 Å². The molecule has 5 nitrogen and oxygen atoms in total. The van der Waals surface area contributed by atoms with Gasteiger partial charge < -0.3 is 10.1 Å². The van der Waals surface area contributed by atoms with Crippen molar-refractivity contribution in [3.63, 3.8) is 0 Å². The van der Waals surface area contributed by atoms with E-state index >= 15 is 0 Å². The van der Waals surface area contributed by atoms with E-state index in [9.17, 15) is 13.6 Å². The van der Waals surface area contributed by atoms with E-state index in [1.807, 2.05) is 13.0 Å². The minimum Gasteiger partial charge on any atom is -0.495 e. The molecule has 0 radical (unpaired) electrons. The fourth-order valence-corrected chi connectivity index (χ4v) is 3.10. The number of carbonyl (C=O) groups is 1. The maximum atomic E-state index is 13.1. The second-order valence-electron chi connectivity index (χ2n) is 6.07. The molecular weight excluding hydrogens is 352 g/mol. The number of benzene rings is 1. The Kier molecular flexibility index (Phi) is 4.94. The van der Waals surface area contributed by atoms with Crippen LogP contribution in [-0.2, 0) is 11.3 Å². The monoisotopic (exact) mass is 369 g/mol. The van der Waals surface area contributed by atoms with Crippen LogP contribution < -0.4 is 10.1 Å². The Morgan fingerprint density at radius 3 is 2.80 bits per heavy atom. The van der Waals surface area contributed by atoms with Crippen LogP contribution in [0.1, 0.15) is 42.1 Å². The first-order valence-corrected chi connectivity index (χ1v) is 8.27. The van der Waals surface area contributed by atoms with Crippen LogP contribution in [-0.4, -0.2) is 22.8 Å². The van der Waals surface area contributed by atoms with Gasteiger partial charge in [-0.25, -0.2) is 8.78 Å². The molecule has 1 heterocycles. The summed E-state index contributed by atoms with van der Waals surface area (Å²) in [5.74, 6) is 0.229. The van der Waals surface area contributed by atoms with Crippen LogP contribution in [0.5, 0.6) is 5.75 Å². The number of aromatic nitrogens is 2. The molecule has 0 atom stereocenters. The van der Waals surface area contributed by atoms with Crippen molar-refractivity contribution in [1.29, 1.82) is 0 Å². The summed E-state index contributed by atoms with van der Waals surface area (Å²) >= 11 is 6.06. The Labute approximate surface area is 148 Å². The van der Waals surface area contributed by atoms with Crippen molar-refractivity contribution in [2.75, 3.05) is 12.4 Å². The predicted molar refractivity (Wildman–Crippen MR) is 90.5 cm³/mol. The highest BCUT2D eigenvalue weighted by Gasteiger charge is 2.34. The highest BCUT2D eigenvalue weighted by molar-refractivity contribution is 6.32. The predicted octanol–water partition coefficient (Wildman–Crippen LogP) is 4.31. The lowest BCUT2D eigenvalue weighted by molar-refractivity contribution is -0.117. The number of methoxy groups -OCH3 is 1. The molecule has 0 spiro atoms. The lowest BCUT2D eigenvalue weighted by Gasteiger charge is -2.12. The molecule has 2 aromatic rings. The molecule has 0 saturated heterocycles. The van der Waals surface area contributed by atoms with Gasteiger partial charge in [0.05, 0.1) is 23.5 Å². The molecule has 1 aromatic heterocycles. The molecule has 8 heteroatoms. The molecule has 1 aromatic carbocycles. The lowest BCUT2D eigenvalue weighted by Crippen LogP contribution is -2.21. The maximum Gasteiger partial charge on any atom is 0.283 e. The average molecular weight is 370 g/mol. The third kappa shape index (κ3) is 3.76. The first kappa shape index (κ1) is 17.7. The second kappa shape index (κ2) is 7.00. The average Bonchev–Trinajstić information content (AvgIpc) is 3.32. The number of nitrogens with one attached hydrogen (secondary N) is 1. The summed E-state index contributed by atoms with van der Waals surface area (Å²) in [6.07, 6.45) is -1.05. The van der Waals surface area contributed by atoms with E-state index in [4.69, 9.17) is 16.3 Å². The molecule has 3 rings (SSSR count). The molecule has 1 N–H and O–H groups in total. The van der Waals surface area contributed by atoms with Gasteiger partial charge in [-0.05, 0) is 37.5 Å². The van der Waals surface area contributed by atoms with Crippen LogP contribution in [0.3, 0.4) is 0 Å². The third-order valence-electron chi connectivity index (χ3n) is 4.05. The topological polar surface area (TPSA) is 56.1 Å². The Balaban J connectivity index is 1.82. The van der Waals surface area contributed by atoms with Gasteiger partial charge in [-0.15, -0.1) is 0 Å². The zero-order valence-electron chi connectivity index (χ0n) is 13.9. The summed E-state index contributed by atoms with van der Waals surface area (Å²) in [6, 6.07) is 5.39. The molecule has 1 saturated carbocycles. The fraction of sp³-hybridized carbons (Fsp3) is 0.412. The molecule has 1 aliphatic carbocycles. The van der Waals surface area contributed by atoms with Gasteiger partial charge in [0.25, 0.3) is 6.43 Å². The smallest absolute Gasteiger partial charge is 0.283 e. The number of anilines is 1. The molecule has 0 aliphatic heterocycles. The summed E-state index contributed by atoms with van der Waals surface area (Å²) in [7, 11) is 1.51. The van der Waals surface area contributed by atoms with Gasteiger partial charge in [-0.3, -0.25) is 9.48 Å². The number of alkyl halides is 2. The molecule has 0 unspecified atom stereocenters. The number of ether oxygens (including phenoxy) is 1. The van der Waals surface area contributed by atoms with E-state index < -0.39 is 12.1 Å². The molecule has 1 amide bonds. The molecular formula is C17H18ClF2N3O2. The first-order valence-electron chi connectivity index (χ1n) is 7.89. The van der Waals surface area contributed by atoms with Crippen LogP contribution in [0.25, 0.3) is 0 Å². The van der Waals surface area contributed by atoms with Crippen molar-refractivity contribution >= 4 is 23.2 Å². The number of nitrogens with zero attached hydrogens (tertiary/aromatic N) is 2. The van der Waals surface area contributed by atoms with Crippen LogP contribution in [0.2, 0.25) is 5.02 Å². The van der Waals surface area contributed by atoms with E-state index in [0.717, 1.165) is 18.4 Å². The highest BCUT2D eigenvalue weighted by atomic mass is 35.5. The highest BCUT2D eigenvalue weighted by Crippen LogP contribution is 2.45. The van der Waals surface area contributed by atoms with Gasteiger partial charge in [0.15, 0.2) is 0 Å². The summed E-state index contributed by atoms with van der Waals surface area (Å²) in [5.41, 5.74) is 1.53. The standard InChI is InChI=1S/C17H18ClF2N3O2/c1-9-3-6-12(25-2)11(7-9)21-13(24)8-23-16(10-4-5-10)14(18)15(22-23)17(19)20/h3,6-7,10,17H,4-5,8H2,1-2H3,(H,21,24). The molecule has 1 aliphatic rings. The summed E-state index contributed by atoms with van der Waals surface area (Å²) in [6.45, 7) is 1.71. The molecule has 25 heavy (non-hydrogen) atoms. The van der Waals surface area contributed by atoms with Crippen molar-refractivity contribution in [2.24, 2.45) is 0 Å².